The fraction of sp³-hybridized carbons (Fsp3) is 0.308. The SMILES string of the molecule is CCCCCCCCOc1ccc(C(=O)Oc2ccc(/C=N/c3cccs3)c(O)c2)cc1.CCCCCCCCOc1ccc(C(=O)Oc2ccc(/C=N/c3cccs3)c(O)c2)cc1.[Pd]. The van der Waals surface area contributed by atoms with E-state index in [1.54, 1.807) is 85.2 Å². The summed E-state index contributed by atoms with van der Waals surface area (Å²) in [5.74, 6) is 1.01. The van der Waals surface area contributed by atoms with Gasteiger partial charge in [0.2, 0.25) is 0 Å². The minimum atomic E-state index is -0.494. The summed E-state index contributed by atoms with van der Waals surface area (Å²) >= 11 is 3.02. The first-order chi connectivity index (χ1) is 31.3. The number of ether oxygens (including phenoxy) is 4. The molecule has 10 nitrogen and oxygen atoms in total. The van der Waals surface area contributed by atoms with E-state index in [0.29, 0.717) is 35.5 Å². The number of hydrogen-bond donors (Lipinski definition) is 2. The van der Waals surface area contributed by atoms with Crippen LogP contribution >= 0.6 is 22.7 Å². The molecule has 6 rings (SSSR count). The molecule has 2 N–H and O–H groups in total. The maximum absolute atomic E-state index is 12.4. The fourth-order valence-electron chi connectivity index (χ4n) is 6.20. The molecular weight excluding hydrogens is 951 g/mol. The number of phenolic OH excluding ortho intramolecular Hbond substituents is 2. The molecule has 0 spiro atoms. The molecule has 4 aromatic carbocycles. The van der Waals surface area contributed by atoms with Gasteiger partial charge in [-0.1, -0.05) is 78.1 Å². The molecule has 346 valence electrons. The van der Waals surface area contributed by atoms with E-state index in [4.69, 9.17) is 18.9 Å². The van der Waals surface area contributed by atoms with Crippen molar-refractivity contribution in [3.8, 4) is 34.5 Å². The van der Waals surface area contributed by atoms with Crippen LogP contribution in [0.25, 0.3) is 0 Å². The molecule has 0 unspecified atom stereocenters. The van der Waals surface area contributed by atoms with Gasteiger partial charge < -0.3 is 29.2 Å². The Kier molecular flexibility index (Phi) is 23.9. The Morgan fingerprint density at radius 3 is 1.23 bits per heavy atom. The summed E-state index contributed by atoms with van der Waals surface area (Å²) in [6.07, 6.45) is 17.8. The summed E-state index contributed by atoms with van der Waals surface area (Å²) in [6.45, 7) is 5.78. The maximum Gasteiger partial charge on any atom is 0.343 e. The zero-order valence-corrected chi connectivity index (χ0v) is 40.2. The number of esters is 2. The molecule has 0 saturated heterocycles. The zero-order valence-electron chi connectivity index (χ0n) is 37.0. The van der Waals surface area contributed by atoms with Crippen LogP contribution in [0.4, 0.5) is 10.0 Å². The monoisotopic (exact) mass is 1010 g/mol. The molecule has 0 aliphatic carbocycles. The molecule has 0 amide bonds. The molecule has 0 saturated carbocycles. The molecule has 0 bridgehead atoms. The first kappa shape index (κ1) is 52.1. The van der Waals surface area contributed by atoms with Crippen molar-refractivity contribution in [2.75, 3.05) is 13.2 Å². The number of benzene rings is 4. The molecule has 0 aliphatic heterocycles. The predicted octanol–water partition coefficient (Wildman–Crippen LogP) is 14.3. The summed E-state index contributed by atoms with van der Waals surface area (Å²) in [6, 6.07) is 30.8. The number of aromatic hydroxyl groups is 2. The van der Waals surface area contributed by atoms with Crippen molar-refractivity contribution in [1.82, 2.24) is 0 Å². The van der Waals surface area contributed by atoms with Crippen molar-refractivity contribution >= 4 is 57.0 Å². The van der Waals surface area contributed by atoms with Gasteiger partial charge in [-0.25, -0.2) is 19.6 Å². The molecule has 65 heavy (non-hydrogen) atoms. The third kappa shape index (κ3) is 19.2. The second-order valence-corrected chi connectivity index (χ2v) is 16.8. The van der Waals surface area contributed by atoms with Gasteiger partial charge in [0.1, 0.15) is 44.5 Å². The summed E-state index contributed by atoms with van der Waals surface area (Å²) < 4.78 is 22.3. The minimum absolute atomic E-state index is 0. The summed E-state index contributed by atoms with van der Waals surface area (Å²) in [7, 11) is 0. The molecule has 0 aliphatic rings. The smallest absolute Gasteiger partial charge is 0.343 e. The van der Waals surface area contributed by atoms with Crippen LogP contribution in [-0.4, -0.2) is 47.8 Å². The third-order valence-electron chi connectivity index (χ3n) is 9.81. The number of unbranched alkanes of at least 4 members (excludes halogenated alkanes) is 10. The Morgan fingerprint density at radius 2 is 0.877 bits per heavy atom. The molecule has 0 radical (unpaired) electrons. The maximum atomic E-state index is 12.4. The van der Waals surface area contributed by atoms with Crippen LogP contribution in [0.3, 0.4) is 0 Å². The van der Waals surface area contributed by atoms with Gasteiger partial charge in [-0.05, 0) is 121 Å². The van der Waals surface area contributed by atoms with Gasteiger partial charge in [-0.2, -0.15) is 0 Å². The second kappa shape index (κ2) is 29.8. The van der Waals surface area contributed by atoms with Crippen molar-refractivity contribution in [2.24, 2.45) is 9.98 Å². The van der Waals surface area contributed by atoms with Gasteiger partial charge >= 0.3 is 11.9 Å². The van der Waals surface area contributed by atoms with Crippen LogP contribution in [0.2, 0.25) is 0 Å². The zero-order chi connectivity index (χ0) is 45.2. The number of thiophene rings is 2. The number of aliphatic imine (C=N–C) groups is 2. The number of carbonyl (C=O) groups excluding carboxylic acids is 2. The van der Waals surface area contributed by atoms with Gasteiger partial charge in [-0.15, -0.1) is 22.7 Å². The van der Waals surface area contributed by atoms with Gasteiger partial charge in [0, 0.05) is 56.1 Å². The van der Waals surface area contributed by atoms with Crippen molar-refractivity contribution in [2.45, 2.75) is 90.9 Å². The molecule has 6 aromatic rings. The number of carbonyl (C=O) groups is 2. The standard InChI is InChI=1S/2C26H29NO4S.Pd/c2*1-2-3-4-5-6-7-16-30-22-13-10-20(11-14-22)26(29)31-23-15-12-21(24(28)18-23)19-27-25-9-8-17-32-25;/h2*8-15,17-19,28H,2-7,16H2,1H3;/b2*27-19+;. The van der Waals surface area contributed by atoms with Crippen molar-refractivity contribution in [3.63, 3.8) is 0 Å². The van der Waals surface area contributed by atoms with Crippen LogP contribution in [0.1, 0.15) is 123 Å². The van der Waals surface area contributed by atoms with Crippen LogP contribution in [0.5, 0.6) is 34.5 Å². The summed E-state index contributed by atoms with van der Waals surface area (Å²) in [4.78, 5) is 33.4. The van der Waals surface area contributed by atoms with E-state index in [1.807, 2.05) is 35.0 Å². The van der Waals surface area contributed by atoms with Crippen molar-refractivity contribution in [1.29, 1.82) is 0 Å². The van der Waals surface area contributed by atoms with E-state index in [-0.39, 0.29) is 43.4 Å². The van der Waals surface area contributed by atoms with Gasteiger partial charge in [0.25, 0.3) is 0 Å². The van der Waals surface area contributed by atoms with E-state index in [1.165, 1.54) is 99.0 Å². The minimum Gasteiger partial charge on any atom is -0.507 e. The topological polar surface area (TPSA) is 136 Å². The summed E-state index contributed by atoms with van der Waals surface area (Å²) in [5.41, 5.74) is 1.93. The van der Waals surface area contributed by atoms with E-state index < -0.39 is 11.9 Å². The van der Waals surface area contributed by atoms with Gasteiger partial charge in [0.05, 0.1) is 24.3 Å². The Morgan fingerprint density at radius 1 is 0.508 bits per heavy atom. The number of phenols is 2. The van der Waals surface area contributed by atoms with Gasteiger partial charge in [-0.3, -0.25) is 0 Å². The van der Waals surface area contributed by atoms with Crippen LogP contribution in [-0.2, 0) is 20.4 Å². The second-order valence-electron chi connectivity index (χ2n) is 14.9. The average molecular weight is 1010 g/mol. The van der Waals surface area contributed by atoms with E-state index >= 15 is 0 Å². The molecule has 0 atom stereocenters. The average Bonchev–Trinajstić information content (AvgIpc) is 4.04. The normalized spacial score (nSPS) is 10.9. The quantitative estimate of drug-likeness (QED) is 0.0201. The summed E-state index contributed by atoms with van der Waals surface area (Å²) in [5, 5.41) is 26.0. The Bertz CT molecular complexity index is 2170. The number of hydrogen-bond acceptors (Lipinski definition) is 12. The Balaban J connectivity index is 0.000000280. The molecule has 2 heterocycles. The Labute approximate surface area is 404 Å². The predicted molar refractivity (Wildman–Crippen MR) is 260 cm³/mol. The number of rotatable bonds is 24. The van der Waals surface area contributed by atoms with E-state index in [9.17, 15) is 19.8 Å². The fourth-order valence-corrected chi connectivity index (χ4v) is 7.33. The Hall–Kier alpha value is -5.58. The van der Waals surface area contributed by atoms with Crippen LogP contribution in [0.15, 0.2) is 130 Å². The molecular formula is C52H58N2O8PdS2. The largest absolute Gasteiger partial charge is 0.507 e. The first-order valence-corrected chi connectivity index (χ1v) is 23.8. The van der Waals surface area contributed by atoms with E-state index in [0.717, 1.165) is 34.3 Å². The number of nitrogens with zero attached hydrogens (tertiary/aromatic N) is 2. The van der Waals surface area contributed by atoms with Crippen LogP contribution < -0.4 is 18.9 Å². The molecule has 2 aromatic heterocycles. The van der Waals surface area contributed by atoms with Gasteiger partial charge in [0.15, 0.2) is 0 Å². The third-order valence-corrected chi connectivity index (χ3v) is 11.4. The molecule has 13 heteroatoms. The molecule has 0 fully saturated rings. The van der Waals surface area contributed by atoms with E-state index in [2.05, 4.69) is 23.8 Å². The first-order valence-electron chi connectivity index (χ1n) is 22.0. The van der Waals surface area contributed by atoms with Crippen LogP contribution in [0, 0.1) is 0 Å². The van der Waals surface area contributed by atoms with Crippen molar-refractivity contribution < 1.29 is 59.2 Å². The van der Waals surface area contributed by atoms with Crippen molar-refractivity contribution in [3.05, 3.63) is 142 Å².